The van der Waals surface area contributed by atoms with E-state index in [2.05, 4.69) is 17.6 Å². The minimum Gasteiger partial charge on any atom is -0.377 e. The number of urea groups is 1. The number of benzene rings is 2. The molecule has 146 valence electrons. The van der Waals surface area contributed by atoms with Crippen LogP contribution in [0.2, 0.25) is 0 Å². The van der Waals surface area contributed by atoms with Crippen LogP contribution < -0.4 is 10.6 Å². The van der Waals surface area contributed by atoms with Crippen LogP contribution in [0.4, 0.5) is 10.5 Å². The van der Waals surface area contributed by atoms with Crippen LogP contribution in [0.3, 0.4) is 0 Å². The Labute approximate surface area is 160 Å². The summed E-state index contributed by atoms with van der Waals surface area (Å²) in [7, 11) is -3.12. The number of carbonyl (C=O) groups is 1. The van der Waals surface area contributed by atoms with Crippen molar-refractivity contribution in [2.24, 2.45) is 0 Å². The van der Waals surface area contributed by atoms with E-state index in [9.17, 15) is 13.2 Å². The van der Waals surface area contributed by atoms with Gasteiger partial charge in [-0.1, -0.05) is 43.3 Å². The third-order valence-corrected chi connectivity index (χ3v) is 4.64. The molecule has 0 aliphatic heterocycles. The molecule has 2 aromatic rings. The maximum Gasteiger partial charge on any atom is 0.319 e. The first kappa shape index (κ1) is 20.9. The average Bonchev–Trinajstić information content (AvgIpc) is 2.60. The Bertz CT molecular complexity index is 866. The van der Waals surface area contributed by atoms with Crippen LogP contribution in [0.25, 0.3) is 0 Å². The van der Waals surface area contributed by atoms with Crippen molar-refractivity contribution in [1.82, 2.24) is 5.32 Å². The molecule has 2 N–H and O–H groups in total. The van der Waals surface area contributed by atoms with Crippen molar-refractivity contribution in [3.8, 4) is 0 Å². The summed E-state index contributed by atoms with van der Waals surface area (Å²) in [5, 5.41) is 5.56. The SMILES string of the molecule is CCCOCc1ccccc1CNC(=O)Nc1cccc(CS(C)(=O)=O)c1. The highest BCUT2D eigenvalue weighted by Crippen LogP contribution is 2.14. The highest BCUT2D eigenvalue weighted by molar-refractivity contribution is 7.89. The number of anilines is 1. The summed E-state index contributed by atoms with van der Waals surface area (Å²) in [5.41, 5.74) is 3.22. The Kier molecular flexibility index (Phi) is 7.82. The second-order valence-electron chi connectivity index (χ2n) is 6.40. The molecule has 6 nitrogen and oxygen atoms in total. The molecule has 0 radical (unpaired) electrons. The van der Waals surface area contributed by atoms with E-state index in [4.69, 9.17) is 4.74 Å². The average molecular weight is 391 g/mol. The quantitative estimate of drug-likeness (QED) is 0.642. The van der Waals surface area contributed by atoms with E-state index in [1.807, 2.05) is 24.3 Å². The fourth-order valence-corrected chi connectivity index (χ4v) is 3.37. The predicted molar refractivity (Wildman–Crippen MR) is 107 cm³/mol. The van der Waals surface area contributed by atoms with Crippen molar-refractivity contribution in [1.29, 1.82) is 0 Å². The van der Waals surface area contributed by atoms with E-state index in [0.717, 1.165) is 17.5 Å². The molecule has 0 atom stereocenters. The molecule has 27 heavy (non-hydrogen) atoms. The Balaban J connectivity index is 1.92. The van der Waals surface area contributed by atoms with Crippen LogP contribution in [0.5, 0.6) is 0 Å². The van der Waals surface area contributed by atoms with E-state index >= 15 is 0 Å². The van der Waals surface area contributed by atoms with Gasteiger partial charge in [-0.25, -0.2) is 13.2 Å². The van der Waals surface area contributed by atoms with Gasteiger partial charge < -0.3 is 15.4 Å². The van der Waals surface area contributed by atoms with Gasteiger partial charge in [0, 0.05) is 25.1 Å². The maximum atomic E-state index is 12.2. The molecule has 2 amide bonds. The lowest BCUT2D eigenvalue weighted by molar-refractivity contribution is 0.121. The normalized spacial score (nSPS) is 11.2. The molecule has 0 aromatic heterocycles. The van der Waals surface area contributed by atoms with Crippen molar-refractivity contribution in [2.75, 3.05) is 18.2 Å². The summed E-state index contributed by atoms with van der Waals surface area (Å²) >= 11 is 0. The first-order valence-corrected chi connectivity index (χ1v) is 10.9. The first-order valence-electron chi connectivity index (χ1n) is 8.83. The number of amides is 2. The highest BCUT2D eigenvalue weighted by Gasteiger charge is 2.08. The van der Waals surface area contributed by atoms with Crippen LogP contribution in [-0.2, 0) is 33.5 Å². The topological polar surface area (TPSA) is 84.5 Å². The van der Waals surface area contributed by atoms with Gasteiger partial charge in [0.05, 0.1) is 12.4 Å². The van der Waals surface area contributed by atoms with Gasteiger partial charge in [0.25, 0.3) is 0 Å². The van der Waals surface area contributed by atoms with Crippen molar-refractivity contribution in [3.63, 3.8) is 0 Å². The van der Waals surface area contributed by atoms with Crippen molar-refractivity contribution in [2.45, 2.75) is 32.2 Å². The lowest BCUT2D eigenvalue weighted by Crippen LogP contribution is -2.28. The maximum absolute atomic E-state index is 12.2. The van der Waals surface area contributed by atoms with Crippen LogP contribution in [0.1, 0.15) is 30.0 Å². The molecule has 0 spiro atoms. The van der Waals surface area contributed by atoms with Gasteiger partial charge in [0.1, 0.15) is 0 Å². The van der Waals surface area contributed by atoms with E-state index in [1.165, 1.54) is 6.26 Å². The lowest BCUT2D eigenvalue weighted by Gasteiger charge is -2.12. The Morgan fingerprint density at radius 1 is 1.07 bits per heavy atom. The van der Waals surface area contributed by atoms with Crippen LogP contribution >= 0.6 is 0 Å². The molecule has 0 saturated carbocycles. The summed E-state index contributed by atoms with van der Waals surface area (Å²) < 4.78 is 28.4. The minimum atomic E-state index is -3.12. The number of ether oxygens (including phenoxy) is 1. The Hall–Kier alpha value is -2.38. The zero-order valence-corrected chi connectivity index (χ0v) is 16.5. The van der Waals surface area contributed by atoms with Gasteiger partial charge in [0.2, 0.25) is 0 Å². The van der Waals surface area contributed by atoms with Gasteiger partial charge >= 0.3 is 6.03 Å². The number of nitrogens with one attached hydrogen (secondary N) is 2. The molecule has 2 rings (SSSR count). The summed E-state index contributed by atoms with van der Waals surface area (Å²) in [6.07, 6.45) is 2.14. The third kappa shape index (κ3) is 7.80. The second kappa shape index (κ2) is 10.1. The van der Waals surface area contributed by atoms with Crippen LogP contribution in [0.15, 0.2) is 48.5 Å². The highest BCUT2D eigenvalue weighted by atomic mass is 32.2. The lowest BCUT2D eigenvalue weighted by atomic mass is 10.1. The zero-order chi connectivity index (χ0) is 19.7. The van der Waals surface area contributed by atoms with Gasteiger partial charge in [-0.05, 0) is 35.2 Å². The summed E-state index contributed by atoms with van der Waals surface area (Å²) in [5.74, 6) is -0.0602. The third-order valence-electron chi connectivity index (χ3n) is 3.78. The summed E-state index contributed by atoms with van der Waals surface area (Å²) in [4.78, 5) is 12.2. The zero-order valence-electron chi connectivity index (χ0n) is 15.7. The largest absolute Gasteiger partial charge is 0.377 e. The van der Waals surface area contributed by atoms with Crippen molar-refractivity contribution < 1.29 is 17.9 Å². The molecule has 0 bridgehead atoms. The van der Waals surface area contributed by atoms with Gasteiger partial charge in [-0.2, -0.15) is 0 Å². The number of sulfone groups is 1. The van der Waals surface area contributed by atoms with Crippen molar-refractivity contribution in [3.05, 3.63) is 65.2 Å². The van der Waals surface area contributed by atoms with Crippen LogP contribution in [-0.4, -0.2) is 27.3 Å². The fraction of sp³-hybridized carbons (Fsp3) is 0.350. The number of rotatable bonds is 9. The standard InChI is InChI=1S/C20H26N2O4S/c1-3-11-26-14-18-9-5-4-8-17(18)13-21-20(23)22-19-10-6-7-16(12-19)15-27(2,24)25/h4-10,12H,3,11,13-15H2,1-2H3,(H2,21,22,23). The molecule has 2 aromatic carbocycles. The Morgan fingerprint density at radius 3 is 2.52 bits per heavy atom. The summed E-state index contributed by atoms with van der Waals surface area (Å²) in [6, 6.07) is 14.3. The molecule has 0 unspecified atom stereocenters. The molecule has 0 aliphatic carbocycles. The van der Waals surface area contributed by atoms with Gasteiger partial charge in [-0.3, -0.25) is 0 Å². The molecular weight excluding hydrogens is 364 g/mol. The van der Waals surface area contributed by atoms with E-state index < -0.39 is 9.84 Å². The molecular formula is C20H26N2O4S. The number of carbonyl (C=O) groups excluding carboxylic acids is 1. The van der Waals surface area contributed by atoms with Gasteiger partial charge in [-0.15, -0.1) is 0 Å². The van der Waals surface area contributed by atoms with Crippen LogP contribution in [0, 0.1) is 0 Å². The molecule has 0 heterocycles. The predicted octanol–water partition coefficient (Wildman–Crippen LogP) is 3.48. The fourth-order valence-electron chi connectivity index (χ4n) is 2.59. The van der Waals surface area contributed by atoms with Gasteiger partial charge in [0.15, 0.2) is 9.84 Å². The Morgan fingerprint density at radius 2 is 1.81 bits per heavy atom. The molecule has 0 aliphatic rings. The number of hydrogen-bond donors (Lipinski definition) is 2. The number of hydrogen-bond acceptors (Lipinski definition) is 4. The molecule has 0 fully saturated rings. The van der Waals surface area contributed by atoms with E-state index in [-0.39, 0.29) is 11.8 Å². The van der Waals surface area contributed by atoms with E-state index in [1.54, 1.807) is 24.3 Å². The molecule has 0 saturated heterocycles. The summed E-state index contributed by atoms with van der Waals surface area (Å²) in [6.45, 7) is 3.65. The second-order valence-corrected chi connectivity index (χ2v) is 8.54. The first-order chi connectivity index (χ1) is 12.9. The minimum absolute atomic E-state index is 0.0602. The van der Waals surface area contributed by atoms with Crippen molar-refractivity contribution >= 4 is 21.6 Å². The van der Waals surface area contributed by atoms with E-state index in [0.29, 0.717) is 31.0 Å². The smallest absolute Gasteiger partial charge is 0.319 e. The monoisotopic (exact) mass is 390 g/mol. The molecule has 7 heteroatoms.